The average molecular weight is 347 g/mol. The van der Waals surface area contributed by atoms with Crippen LogP contribution in [-0.2, 0) is 7.05 Å². The normalized spacial score (nSPS) is 10.8. The van der Waals surface area contributed by atoms with Gasteiger partial charge in [0.25, 0.3) is 5.91 Å². The molecule has 0 saturated carbocycles. The minimum absolute atomic E-state index is 0.235. The zero-order valence-electron chi connectivity index (χ0n) is 11.2. The number of carbonyl (C=O) groups excluding carboxylic acids is 1. The molecule has 0 aliphatic heterocycles. The third-order valence-corrected chi connectivity index (χ3v) is 4.05. The topological polar surface area (TPSA) is 34.0 Å². The first-order valence-electron chi connectivity index (χ1n) is 6.37. The second-order valence-electron chi connectivity index (χ2n) is 4.73. The lowest BCUT2D eigenvalue weighted by molar-refractivity contribution is 0.101. The van der Waals surface area contributed by atoms with Gasteiger partial charge in [-0.15, -0.1) is 0 Å². The number of anilines is 1. The fourth-order valence-electron chi connectivity index (χ4n) is 2.27. The zero-order valence-corrected chi connectivity index (χ0v) is 12.8. The van der Waals surface area contributed by atoms with Crippen LogP contribution in [-0.4, -0.2) is 10.5 Å². The molecule has 3 aromatic rings. The summed E-state index contributed by atoms with van der Waals surface area (Å²) < 4.78 is 15.8. The number of hydrogen-bond donors (Lipinski definition) is 1. The molecule has 1 aromatic heterocycles. The van der Waals surface area contributed by atoms with Gasteiger partial charge in [-0.25, -0.2) is 4.39 Å². The van der Waals surface area contributed by atoms with Crippen LogP contribution in [0.15, 0.2) is 53.0 Å². The summed E-state index contributed by atoms with van der Waals surface area (Å²) in [6.45, 7) is 0. The summed E-state index contributed by atoms with van der Waals surface area (Å²) in [5, 5.41) is 3.67. The van der Waals surface area contributed by atoms with E-state index >= 15 is 0 Å². The number of rotatable bonds is 2. The van der Waals surface area contributed by atoms with Crippen LogP contribution >= 0.6 is 15.9 Å². The van der Waals surface area contributed by atoms with Crippen LogP contribution in [0.25, 0.3) is 10.9 Å². The highest BCUT2D eigenvalue weighted by molar-refractivity contribution is 9.10. The van der Waals surface area contributed by atoms with Crippen molar-refractivity contribution in [1.82, 2.24) is 4.57 Å². The van der Waals surface area contributed by atoms with E-state index in [2.05, 4.69) is 21.2 Å². The highest BCUT2D eigenvalue weighted by Crippen LogP contribution is 2.24. The van der Waals surface area contributed by atoms with Crippen molar-refractivity contribution in [2.45, 2.75) is 0 Å². The molecule has 0 aliphatic rings. The van der Waals surface area contributed by atoms with Gasteiger partial charge in [0.05, 0.1) is 11.2 Å². The van der Waals surface area contributed by atoms with Gasteiger partial charge in [-0.1, -0.05) is 12.1 Å². The van der Waals surface area contributed by atoms with Crippen LogP contribution in [0.3, 0.4) is 0 Å². The fourth-order valence-corrected chi connectivity index (χ4v) is 2.65. The molecule has 3 nitrogen and oxygen atoms in total. The number of aryl methyl sites for hydroxylation is 1. The number of aromatic nitrogens is 1. The maximum absolute atomic E-state index is 13.3. The minimum Gasteiger partial charge on any atom is -0.340 e. The smallest absolute Gasteiger partial charge is 0.272 e. The van der Waals surface area contributed by atoms with Crippen molar-refractivity contribution in [2.75, 3.05) is 5.32 Å². The summed E-state index contributed by atoms with van der Waals surface area (Å²) >= 11 is 3.39. The van der Waals surface area contributed by atoms with E-state index in [0.29, 0.717) is 16.9 Å². The van der Waals surface area contributed by atoms with Crippen molar-refractivity contribution >= 4 is 38.4 Å². The van der Waals surface area contributed by atoms with Gasteiger partial charge >= 0.3 is 0 Å². The van der Waals surface area contributed by atoms with Gasteiger partial charge in [0.2, 0.25) is 0 Å². The lowest BCUT2D eigenvalue weighted by Gasteiger charge is -2.08. The Balaban J connectivity index is 1.99. The zero-order chi connectivity index (χ0) is 15.0. The second-order valence-corrected chi connectivity index (χ2v) is 5.58. The number of benzene rings is 2. The Morgan fingerprint density at radius 2 is 1.95 bits per heavy atom. The van der Waals surface area contributed by atoms with Crippen LogP contribution in [0, 0.1) is 5.82 Å². The largest absolute Gasteiger partial charge is 0.340 e. The Labute approximate surface area is 129 Å². The van der Waals surface area contributed by atoms with Crippen LogP contribution in [0.1, 0.15) is 10.5 Å². The second kappa shape index (κ2) is 5.33. The first-order chi connectivity index (χ1) is 10.1. The summed E-state index contributed by atoms with van der Waals surface area (Å²) in [4.78, 5) is 12.4. The molecule has 106 valence electrons. The molecular weight excluding hydrogens is 335 g/mol. The Morgan fingerprint density at radius 1 is 1.19 bits per heavy atom. The number of amides is 1. The Bertz CT molecular complexity index is 841. The first kappa shape index (κ1) is 13.8. The fraction of sp³-hybridized carbons (Fsp3) is 0.0625. The lowest BCUT2D eigenvalue weighted by Crippen LogP contribution is -2.15. The van der Waals surface area contributed by atoms with E-state index in [-0.39, 0.29) is 11.7 Å². The predicted octanol–water partition coefficient (Wildman–Crippen LogP) is 4.33. The molecular formula is C16H12BrFN2O. The molecule has 0 unspecified atom stereocenters. The van der Waals surface area contributed by atoms with E-state index in [1.54, 1.807) is 23.7 Å². The van der Waals surface area contributed by atoms with Gasteiger partial charge in [0.1, 0.15) is 11.5 Å². The number of halogens is 2. The van der Waals surface area contributed by atoms with Gasteiger partial charge < -0.3 is 9.88 Å². The van der Waals surface area contributed by atoms with Crippen LogP contribution in [0.2, 0.25) is 0 Å². The van der Waals surface area contributed by atoms with Crippen molar-refractivity contribution in [3.05, 3.63) is 64.5 Å². The van der Waals surface area contributed by atoms with Crippen molar-refractivity contribution in [3.8, 4) is 0 Å². The standard InChI is InChI=1S/C16H12BrFN2O/c1-20-14-9-11(18)7-6-10(14)8-15(20)16(21)19-13-5-3-2-4-12(13)17/h2-9H,1H3,(H,19,21). The summed E-state index contributed by atoms with van der Waals surface area (Å²) in [5.74, 6) is -0.553. The molecule has 0 fully saturated rings. The molecule has 0 bridgehead atoms. The maximum atomic E-state index is 13.3. The molecule has 0 spiro atoms. The van der Waals surface area contributed by atoms with Crippen molar-refractivity contribution in [1.29, 1.82) is 0 Å². The van der Waals surface area contributed by atoms with Crippen LogP contribution in [0.5, 0.6) is 0 Å². The van der Waals surface area contributed by atoms with Gasteiger partial charge in [0, 0.05) is 16.9 Å². The summed E-state index contributed by atoms with van der Waals surface area (Å²) in [6.07, 6.45) is 0. The molecule has 5 heteroatoms. The van der Waals surface area contributed by atoms with Crippen molar-refractivity contribution in [3.63, 3.8) is 0 Å². The average Bonchev–Trinajstić information content (AvgIpc) is 2.79. The van der Waals surface area contributed by atoms with E-state index in [9.17, 15) is 9.18 Å². The maximum Gasteiger partial charge on any atom is 0.272 e. The number of nitrogens with zero attached hydrogens (tertiary/aromatic N) is 1. The molecule has 21 heavy (non-hydrogen) atoms. The van der Waals surface area contributed by atoms with Gasteiger partial charge in [-0.3, -0.25) is 4.79 Å². The SMILES string of the molecule is Cn1c(C(=O)Nc2ccccc2Br)cc2ccc(F)cc21. The molecule has 0 aliphatic carbocycles. The Morgan fingerprint density at radius 3 is 2.71 bits per heavy atom. The summed E-state index contributed by atoms with van der Waals surface area (Å²) in [7, 11) is 1.75. The first-order valence-corrected chi connectivity index (χ1v) is 7.16. The van der Waals surface area contributed by atoms with Crippen LogP contribution < -0.4 is 5.32 Å². The molecule has 1 amide bonds. The predicted molar refractivity (Wildman–Crippen MR) is 85.0 cm³/mol. The Kier molecular flexibility index (Phi) is 3.51. The summed E-state index contributed by atoms with van der Waals surface area (Å²) in [6, 6.07) is 13.6. The van der Waals surface area contributed by atoms with Gasteiger partial charge in [-0.2, -0.15) is 0 Å². The number of fused-ring (bicyclic) bond motifs is 1. The molecule has 3 rings (SSSR count). The van der Waals surface area contributed by atoms with Crippen LogP contribution in [0.4, 0.5) is 10.1 Å². The quantitative estimate of drug-likeness (QED) is 0.736. The third-order valence-electron chi connectivity index (χ3n) is 3.36. The highest BCUT2D eigenvalue weighted by Gasteiger charge is 2.14. The number of carbonyl (C=O) groups is 1. The van der Waals surface area contributed by atoms with E-state index in [0.717, 1.165) is 9.86 Å². The van der Waals surface area contributed by atoms with Crippen molar-refractivity contribution < 1.29 is 9.18 Å². The van der Waals surface area contributed by atoms with E-state index in [1.807, 2.05) is 24.3 Å². The Hall–Kier alpha value is -2.14. The van der Waals surface area contributed by atoms with Gasteiger partial charge in [0.15, 0.2) is 0 Å². The highest BCUT2D eigenvalue weighted by atomic mass is 79.9. The molecule has 1 N–H and O–H groups in total. The number of para-hydroxylation sites is 1. The molecule has 0 atom stereocenters. The minimum atomic E-state index is -0.318. The summed E-state index contributed by atoms with van der Waals surface area (Å²) in [5.41, 5.74) is 1.86. The van der Waals surface area contributed by atoms with E-state index in [1.165, 1.54) is 12.1 Å². The number of hydrogen-bond acceptors (Lipinski definition) is 1. The van der Waals surface area contributed by atoms with Gasteiger partial charge in [-0.05, 0) is 52.3 Å². The lowest BCUT2D eigenvalue weighted by atomic mass is 10.2. The van der Waals surface area contributed by atoms with Crippen molar-refractivity contribution in [2.24, 2.45) is 7.05 Å². The third kappa shape index (κ3) is 2.56. The molecule has 0 saturated heterocycles. The molecule has 2 aromatic carbocycles. The molecule has 0 radical (unpaired) electrons. The molecule has 1 heterocycles. The van der Waals surface area contributed by atoms with E-state index in [4.69, 9.17) is 0 Å². The van der Waals surface area contributed by atoms with E-state index < -0.39 is 0 Å². The monoisotopic (exact) mass is 346 g/mol. The number of nitrogens with one attached hydrogen (secondary N) is 1.